The number of alkyl halides is 2. The Bertz CT molecular complexity index is 375. The molecule has 1 saturated carbocycles. The van der Waals surface area contributed by atoms with Gasteiger partial charge in [0.1, 0.15) is 0 Å². The predicted molar refractivity (Wildman–Crippen MR) is 56.3 cm³/mol. The van der Waals surface area contributed by atoms with Crippen molar-refractivity contribution in [2.75, 3.05) is 0 Å². The highest BCUT2D eigenvalue weighted by molar-refractivity contribution is 6.30. The van der Waals surface area contributed by atoms with Gasteiger partial charge in [0, 0.05) is 11.4 Å². The number of benzene rings is 1. The summed E-state index contributed by atoms with van der Waals surface area (Å²) >= 11 is 5.73. The Kier molecular flexibility index (Phi) is 2.47. The molecule has 82 valence electrons. The van der Waals surface area contributed by atoms with Crippen LogP contribution in [0.3, 0.4) is 0 Å². The molecule has 1 aliphatic rings. The van der Waals surface area contributed by atoms with E-state index < -0.39 is 11.5 Å². The molecule has 0 spiro atoms. The normalized spacial score (nSPS) is 18.9. The Hall–Kier alpha value is -0.670. The lowest BCUT2D eigenvalue weighted by molar-refractivity contribution is -0.0350. The van der Waals surface area contributed by atoms with Gasteiger partial charge >= 0.3 is 0 Å². The van der Waals surface area contributed by atoms with Crippen LogP contribution in [0, 0.1) is 0 Å². The number of hydrogen-bond acceptors (Lipinski definition) is 1. The molecule has 1 aliphatic carbocycles. The van der Waals surface area contributed by atoms with Gasteiger partial charge in [-0.05, 0) is 30.5 Å². The summed E-state index contributed by atoms with van der Waals surface area (Å²) in [6.07, 6.45) is 0.477. The molecule has 4 heteroatoms. The molecular weight excluding hydrogens is 220 g/mol. The van der Waals surface area contributed by atoms with Crippen molar-refractivity contribution in [1.82, 2.24) is 0 Å². The van der Waals surface area contributed by atoms with Crippen LogP contribution in [0.25, 0.3) is 0 Å². The molecule has 0 amide bonds. The predicted octanol–water partition coefficient (Wildman–Crippen LogP) is 3.01. The first kappa shape index (κ1) is 10.8. The first-order valence-corrected chi connectivity index (χ1v) is 5.22. The molecular formula is C11H12ClF2N. The van der Waals surface area contributed by atoms with E-state index in [1.807, 2.05) is 0 Å². The molecule has 1 nitrogen and oxygen atoms in total. The van der Waals surface area contributed by atoms with E-state index in [-0.39, 0.29) is 6.42 Å². The third kappa shape index (κ3) is 2.13. The third-order valence-electron chi connectivity index (χ3n) is 2.83. The smallest absolute Gasteiger partial charge is 0.269 e. The monoisotopic (exact) mass is 231 g/mol. The van der Waals surface area contributed by atoms with Crippen molar-refractivity contribution in [1.29, 1.82) is 0 Å². The van der Waals surface area contributed by atoms with Crippen LogP contribution in [0.5, 0.6) is 0 Å². The highest BCUT2D eigenvalue weighted by atomic mass is 35.5. The Morgan fingerprint density at radius 1 is 1.40 bits per heavy atom. The van der Waals surface area contributed by atoms with Crippen LogP contribution in [0.1, 0.15) is 18.4 Å². The minimum absolute atomic E-state index is 0.329. The molecule has 1 aromatic rings. The summed E-state index contributed by atoms with van der Waals surface area (Å²) in [5, 5.41) is 0.477. The van der Waals surface area contributed by atoms with Gasteiger partial charge in [-0.3, -0.25) is 0 Å². The van der Waals surface area contributed by atoms with Crippen molar-refractivity contribution in [2.24, 2.45) is 5.73 Å². The summed E-state index contributed by atoms with van der Waals surface area (Å²) in [6.45, 7) is 0. The van der Waals surface area contributed by atoms with Crippen molar-refractivity contribution < 1.29 is 8.78 Å². The molecule has 1 aromatic carbocycles. The van der Waals surface area contributed by atoms with E-state index >= 15 is 0 Å². The van der Waals surface area contributed by atoms with Crippen LogP contribution in [0.4, 0.5) is 8.78 Å². The van der Waals surface area contributed by atoms with E-state index in [1.54, 1.807) is 24.3 Å². The summed E-state index contributed by atoms with van der Waals surface area (Å²) in [5.41, 5.74) is 4.78. The van der Waals surface area contributed by atoms with Gasteiger partial charge in [-0.15, -0.1) is 0 Å². The molecule has 2 rings (SSSR count). The van der Waals surface area contributed by atoms with Gasteiger partial charge < -0.3 is 5.73 Å². The van der Waals surface area contributed by atoms with Crippen molar-refractivity contribution in [2.45, 2.75) is 30.7 Å². The van der Waals surface area contributed by atoms with Gasteiger partial charge in [-0.25, -0.2) is 8.78 Å². The fourth-order valence-electron chi connectivity index (χ4n) is 1.58. The molecule has 0 aromatic heterocycles. The molecule has 0 aliphatic heterocycles. The average Bonchev–Trinajstić information content (AvgIpc) is 2.84. The Balaban J connectivity index is 2.14. The highest BCUT2D eigenvalue weighted by Crippen LogP contribution is 2.47. The largest absolute Gasteiger partial charge is 0.320 e. The van der Waals surface area contributed by atoms with Crippen LogP contribution < -0.4 is 5.73 Å². The minimum Gasteiger partial charge on any atom is -0.320 e. The van der Waals surface area contributed by atoms with E-state index in [4.69, 9.17) is 17.3 Å². The van der Waals surface area contributed by atoms with Crippen molar-refractivity contribution in [3.8, 4) is 0 Å². The summed E-state index contributed by atoms with van der Waals surface area (Å²) in [4.78, 5) is 0. The number of rotatable bonds is 3. The van der Waals surface area contributed by atoms with Gasteiger partial charge in [0.05, 0.1) is 5.54 Å². The second kappa shape index (κ2) is 3.42. The van der Waals surface area contributed by atoms with E-state index in [0.717, 1.165) is 0 Å². The van der Waals surface area contributed by atoms with E-state index in [2.05, 4.69) is 0 Å². The number of hydrogen-bond donors (Lipinski definition) is 1. The van der Waals surface area contributed by atoms with Crippen molar-refractivity contribution >= 4 is 11.6 Å². The number of halogens is 3. The van der Waals surface area contributed by atoms with Gasteiger partial charge in [0.25, 0.3) is 5.92 Å². The second-order valence-electron chi connectivity index (χ2n) is 4.17. The zero-order valence-electron chi connectivity index (χ0n) is 8.14. The van der Waals surface area contributed by atoms with Crippen LogP contribution >= 0.6 is 11.6 Å². The molecule has 0 unspecified atom stereocenters. The maximum absolute atomic E-state index is 13.6. The molecule has 0 bridgehead atoms. The Labute approximate surface area is 92.2 Å². The van der Waals surface area contributed by atoms with Gasteiger partial charge in [-0.2, -0.15) is 0 Å². The fraction of sp³-hybridized carbons (Fsp3) is 0.455. The maximum atomic E-state index is 13.6. The minimum atomic E-state index is -2.84. The zero-order chi connectivity index (χ0) is 11.1. The summed E-state index contributed by atoms with van der Waals surface area (Å²) in [6, 6.07) is 6.54. The average molecular weight is 232 g/mol. The van der Waals surface area contributed by atoms with Gasteiger partial charge in [0.15, 0.2) is 0 Å². The summed E-state index contributed by atoms with van der Waals surface area (Å²) in [5.74, 6) is -2.84. The lowest BCUT2D eigenvalue weighted by Gasteiger charge is -2.23. The van der Waals surface area contributed by atoms with Crippen molar-refractivity contribution in [3.05, 3.63) is 34.9 Å². The fourth-order valence-corrected chi connectivity index (χ4v) is 1.79. The first-order valence-electron chi connectivity index (χ1n) is 4.84. The molecule has 2 N–H and O–H groups in total. The second-order valence-corrected chi connectivity index (χ2v) is 4.60. The number of nitrogens with two attached hydrogens (primary N) is 1. The van der Waals surface area contributed by atoms with E-state index in [0.29, 0.717) is 23.4 Å². The van der Waals surface area contributed by atoms with E-state index in [9.17, 15) is 8.78 Å². The molecule has 1 fully saturated rings. The Morgan fingerprint density at radius 2 is 2.07 bits per heavy atom. The lowest BCUT2D eigenvalue weighted by atomic mass is 10.00. The van der Waals surface area contributed by atoms with Crippen LogP contribution in [0.15, 0.2) is 24.3 Å². The summed E-state index contributed by atoms with van der Waals surface area (Å²) in [7, 11) is 0. The van der Waals surface area contributed by atoms with Crippen LogP contribution in [0.2, 0.25) is 5.02 Å². The van der Waals surface area contributed by atoms with Gasteiger partial charge in [-0.1, -0.05) is 23.7 Å². The third-order valence-corrected chi connectivity index (χ3v) is 3.07. The van der Waals surface area contributed by atoms with Gasteiger partial charge in [0.2, 0.25) is 0 Å². The molecule has 15 heavy (non-hydrogen) atoms. The van der Waals surface area contributed by atoms with Crippen LogP contribution in [-0.2, 0) is 6.42 Å². The molecule has 0 radical (unpaired) electrons. The first-order chi connectivity index (χ1) is 6.93. The highest BCUT2D eigenvalue weighted by Gasteiger charge is 2.58. The molecule has 0 saturated heterocycles. The molecule has 0 heterocycles. The lowest BCUT2D eigenvalue weighted by Crippen LogP contribution is -2.45. The maximum Gasteiger partial charge on any atom is 0.269 e. The summed E-state index contributed by atoms with van der Waals surface area (Å²) < 4.78 is 27.3. The topological polar surface area (TPSA) is 26.0 Å². The standard InChI is InChI=1S/C11H12ClF2N/c12-9-3-1-2-8(6-9)7-11(13,14)10(15)4-5-10/h1-3,6H,4-5,7,15H2. The quantitative estimate of drug-likeness (QED) is 0.850. The van der Waals surface area contributed by atoms with Crippen molar-refractivity contribution in [3.63, 3.8) is 0 Å². The van der Waals surface area contributed by atoms with E-state index in [1.165, 1.54) is 0 Å². The SMILES string of the molecule is NC1(C(F)(F)Cc2cccc(Cl)c2)CC1. The van der Waals surface area contributed by atoms with Crippen LogP contribution in [-0.4, -0.2) is 11.5 Å². The zero-order valence-corrected chi connectivity index (χ0v) is 8.90. The Morgan fingerprint density at radius 3 is 2.60 bits per heavy atom. The molecule has 0 atom stereocenters.